The zero-order chi connectivity index (χ0) is 12.1. The molecule has 86 valence electrons. The lowest BCUT2D eigenvalue weighted by Crippen LogP contribution is -2.29. The summed E-state index contributed by atoms with van der Waals surface area (Å²) in [5.41, 5.74) is 1.85. The van der Waals surface area contributed by atoms with Crippen molar-refractivity contribution in [3.05, 3.63) is 22.4 Å². The zero-order valence-corrected chi connectivity index (χ0v) is 8.24. The molecule has 0 saturated carbocycles. The molecule has 0 aromatic carbocycles. The van der Waals surface area contributed by atoms with E-state index >= 15 is 0 Å². The van der Waals surface area contributed by atoms with Gasteiger partial charge >= 0.3 is 11.8 Å². The summed E-state index contributed by atoms with van der Waals surface area (Å²) in [7, 11) is 0. The van der Waals surface area contributed by atoms with E-state index in [4.69, 9.17) is 0 Å². The Balaban J connectivity index is 2.49. The van der Waals surface area contributed by atoms with Crippen molar-refractivity contribution in [3.63, 3.8) is 0 Å². The number of carbonyl (C=O) groups excluding carboxylic acids is 2. The summed E-state index contributed by atoms with van der Waals surface area (Å²) in [6.45, 7) is 0.847. The van der Waals surface area contributed by atoms with E-state index < -0.39 is 16.8 Å². The number of rotatable bonds is 3. The minimum Gasteiger partial charge on any atom is -0.358 e. The standard InChI is InChI=1S/C7H8N4O5/c1-5(12)16-9-7(13)4-10-3-2-6(8-10)11(14)15/h2-3H,4H2,1H3,(H,9,13). The van der Waals surface area contributed by atoms with Crippen LogP contribution in [0.25, 0.3) is 0 Å². The predicted octanol–water partition coefficient (Wildman–Crippen LogP) is -0.614. The van der Waals surface area contributed by atoms with Gasteiger partial charge < -0.3 is 15.0 Å². The molecular formula is C7H8N4O5. The van der Waals surface area contributed by atoms with Crippen LogP contribution in [0.3, 0.4) is 0 Å². The van der Waals surface area contributed by atoms with Gasteiger partial charge in [0, 0.05) is 6.92 Å². The van der Waals surface area contributed by atoms with Crippen molar-refractivity contribution < 1.29 is 19.3 Å². The van der Waals surface area contributed by atoms with Crippen LogP contribution in [-0.4, -0.2) is 26.6 Å². The van der Waals surface area contributed by atoms with Crippen LogP contribution in [-0.2, 0) is 21.0 Å². The maximum atomic E-state index is 11.1. The Morgan fingerprint density at radius 2 is 2.38 bits per heavy atom. The molecule has 9 heteroatoms. The molecule has 0 aliphatic rings. The average Bonchev–Trinajstić information content (AvgIpc) is 2.63. The SMILES string of the molecule is CC(=O)ONC(=O)Cn1ccc([N+](=O)[O-])n1. The molecule has 16 heavy (non-hydrogen) atoms. The molecule has 0 unspecified atom stereocenters. The summed E-state index contributed by atoms with van der Waals surface area (Å²) in [5, 5.41) is 13.8. The fourth-order valence-electron chi connectivity index (χ4n) is 0.845. The first-order valence-electron chi connectivity index (χ1n) is 4.13. The number of hydrogen-bond acceptors (Lipinski definition) is 6. The van der Waals surface area contributed by atoms with Gasteiger partial charge in [0.25, 0.3) is 5.91 Å². The molecule has 9 nitrogen and oxygen atoms in total. The number of amides is 1. The van der Waals surface area contributed by atoms with Crippen molar-refractivity contribution >= 4 is 17.7 Å². The Morgan fingerprint density at radius 1 is 1.69 bits per heavy atom. The molecule has 0 atom stereocenters. The lowest BCUT2D eigenvalue weighted by molar-refractivity contribution is -0.389. The van der Waals surface area contributed by atoms with Gasteiger partial charge in [-0.3, -0.25) is 9.59 Å². The molecule has 1 aromatic heterocycles. The van der Waals surface area contributed by atoms with Gasteiger partial charge in [-0.1, -0.05) is 0 Å². The molecule has 1 aromatic rings. The van der Waals surface area contributed by atoms with Crippen LogP contribution in [0.2, 0.25) is 0 Å². The van der Waals surface area contributed by atoms with Crippen molar-refractivity contribution in [1.82, 2.24) is 15.3 Å². The normalized spacial score (nSPS) is 9.56. The number of carbonyl (C=O) groups is 2. The Kier molecular flexibility index (Phi) is 3.53. The first-order chi connectivity index (χ1) is 7.49. The Morgan fingerprint density at radius 3 is 2.88 bits per heavy atom. The van der Waals surface area contributed by atoms with Gasteiger partial charge in [0.15, 0.2) is 0 Å². The summed E-state index contributed by atoms with van der Waals surface area (Å²) in [6, 6.07) is 1.15. The molecule has 0 saturated heterocycles. The number of aromatic nitrogens is 2. The molecule has 0 aliphatic carbocycles. The monoisotopic (exact) mass is 228 g/mol. The van der Waals surface area contributed by atoms with Crippen LogP contribution in [0.15, 0.2) is 12.3 Å². The molecule has 0 fully saturated rings. The number of nitrogens with zero attached hydrogens (tertiary/aromatic N) is 3. The van der Waals surface area contributed by atoms with Crippen molar-refractivity contribution in [2.75, 3.05) is 0 Å². The predicted molar refractivity (Wildman–Crippen MR) is 48.8 cm³/mol. The molecule has 0 bridgehead atoms. The lowest BCUT2D eigenvalue weighted by atomic mass is 10.6. The maximum Gasteiger partial charge on any atom is 0.389 e. The fraction of sp³-hybridized carbons (Fsp3) is 0.286. The van der Waals surface area contributed by atoms with Gasteiger partial charge in [-0.25, -0.2) is 0 Å². The topological polar surface area (TPSA) is 116 Å². The Bertz CT molecular complexity index is 426. The molecular weight excluding hydrogens is 220 g/mol. The summed E-state index contributed by atoms with van der Waals surface area (Å²) in [5.74, 6) is -1.67. The van der Waals surface area contributed by atoms with Crippen LogP contribution < -0.4 is 5.48 Å². The number of nitrogens with one attached hydrogen (secondary N) is 1. The van der Waals surface area contributed by atoms with Crippen molar-refractivity contribution in [2.45, 2.75) is 13.5 Å². The largest absolute Gasteiger partial charge is 0.389 e. The number of hydrogen-bond donors (Lipinski definition) is 1. The van der Waals surface area contributed by atoms with Crippen molar-refractivity contribution in [3.8, 4) is 0 Å². The van der Waals surface area contributed by atoms with E-state index in [0.717, 1.165) is 17.7 Å². The van der Waals surface area contributed by atoms with E-state index in [9.17, 15) is 19.7 Å². The first-order valence-corrected chi connectivity index (χ1v) is 4.13. The third-order valence-corrected chi connectivity index (χ3v) is 1.43. The first kappa shape index (κ1) is 11.6. The molecule has 1 N–H and O–H groups in total. The minimum atomic E-state index is -0.680. The molecule has 0 spiro atoms. The van der Waals surface area contributed by atoms with E-state index in [1.165, 1.54) is 6.20 Å². The molecule has 0 radical (unpaired) electrons. The van der Waals surface area contributed by atoms with Crippen LogP contribution in [0.5, 0.6) is 0 Å². The second-order valence-electron chi connectivity index (χ2n) is 2.75. The van der Waals surface area contributed by atoms with Gasteiger partial charge in [0.2, 0.25) is 0 Å². The summed E-state index contributed by atoms with van der Waals surface area (Å²) in [6.07, 6.45) is 1.27. The van der Waals surface area contributed by atoms with Gasteiger partial charge in [-0.15, -0.1) is 0 Å². The van der Waals surface area contributed by atoms with E-state index in [0.29, 0.717) is 0 Å². The van der Waals surface area contributed by atoms with Gasteiger partial charge in [-0.05, 0) is 4.92 Å². The van der Waals surface area contributed by atoms with Crippen LogP contribution >= 0.6 is 0 Å². The highest BCUT2D eigenvalue weighted by molar-refractivity contribution is 5.76. The van der Waals surface area contributed by atoms with Crippen LogP contribution in [0.1, 0.15) is 6.92 Å². The quantitative estimate of drug-likeness (QED) is 0.544. The molecule has 1 heterocycles. The number of hydroxylamine groups is 1. The zero-order valence-electron chi connectivity index (χ0n) is 8.24. The van der Waals surface area contributed by atoms with Crippen LogP contribution in [0, 0.1) is 10.1 Å². The molecule has 0 aliphatic heterocycles. The smallest absolute Gasteiger partial charge is 0.358 e. The molecule has 1 rings (SSSR count). The average molecular weight is 228 g/mol. The fourth-order valence-corrected chi connectivity index (χ4v) is 0.845. The lowest BCUT2D eigenvalue weighted by Gasteiger charge is -2.00. The van der Waals surface area contributed by atoms with Gasteiger partial charge in [0.05, 0.1) is 17.4 Å². The van der Waals surface area contributed by atoms with Crippen molar-refractivity contribution in [2.24, 2.45) is 0 Å². The highest BCUT2D eigenvalue weighted by Crippen LogP contribution is 2.04. The summed E-state index contributed by atoms with van der Waals surface area (Å²) < 4.78 is 1.05. The summed E-state index contributed by atoms with van der Waals surface area (Å²) in [4.78, 5) is 35.2. The van der Waals surface area contributed by atoms with Gasteiger partial charge in [0.1, 0.15) is 6.54 Å². The Labute approximate surface area is 89.1 Å². The highest BCUT2D eigenvalue weighted by atomic mass is 16.7. The van der Waals surface area contributed by atoms with E-state index in [1.807, 2.05) is 5.48 Å². The minimum absolute atomic E-state index is 0.277. The second kappa shape index (κ2) is 4.87. The third kappa shape index (κ3) is 3.36. The third-order valence-electron chi connectivity index (χ3n) is 1.43. The van der Waals surface area contributed by atoms with E-state index in [-0.39, 0.29) is 12.4 Å². The van der Waals surface area contributed by atoms with Crippen LogP contribution in [0.4, 0.5) is 5.82 Å². The summed E-state index contributed by atoms with van der Waals surface area (Å²) >= 11 is 0. The van der Waals surface area contributed by atoms with Gasteiger partial charge in [-0.2, -0.15) is 10.2 Å². The van der Waals surface area contributed by atoms with Crippen molar-refractivity contribution in [1.29, 1.82) is 0 Å². The Hall–Kier alpha value is -2.45. The van der Waals surface area contributed by atoms with E-state index in [2.05, 4.69) is 9.94 Å². The second-order valence-corrected chi connectivity index (χ2v) is 2.75. The molecule has 1 amide bonds. The number of nitro groups is 1. The van der Waals surface area contributed by atoms with E-state index in [1.54, 1.807) is 0 Å². The highest BCUT2D eigenvalue weighted by Gasteiger charge is 2.13. The maximum absolute atomic E-state index is 11.1.